The summed E-state index contributed by atoms with van der Waals surface area (Å²) in [5.74, 6) is -0.107. The van der Waals surface area contributed by atoms with Gasteiger partial charge >= 0.3 is 5.97 Å². The molecule has 0 radical (unpaired) electrons. The second-order valence-corrected chi connectivity index (χ2v) is 10.5. The van der Waals surface area contributed by atoms with E-state index in [4.69, 9.17) is 9.72 Å². The first-order valence-corrected chi connectivity index (χ1v) is 12.4. The van der Waals surface area contributed by atoms with E-state index < -0.39 is 17.0 Å². The molecule has 1 aliphatic carbocycles. The topological polar surface area (TPSA) is 81.2 Å². The van der Waals surface area contributed by atoms with Crippen LogP contribution in [0, 0.1) is 0 Å². The van der Waals surface area contributed by atoms with Gasteiger partial charge in [-0.1, -0.05) is 38.1 Å². The summed E-state index contributed by atoms with van der Waals surface area (Å²) in [5.41, 5.74) is 3.11. The summed E-state index contributed by atoms with van der Waals surface area (Å²) in [4.78, 5) is 35.7. The van der Waals surface area contributed by atoms with E-state index in [9.17, 15) is 9.59 Å². The summed E-state index contributed by atoms with van der Waals surface area (Å²) in [6, 6.07) is 9.96. The van der Waals surface area contributed by atoms with Gasteiger partial charge in [0.15, 0.2) is 11.4 Å². The predicted octanol–water partition coefficient (Wildman–Crippen LogP) is 4.60. The Labute approximate surface area is 196 Å². The summed E-state index contributed by atoms with van der Waals surface area (Å²) in [5, 5.41) is 6.47. The summed E-state index contributed by atoms with van der Waals surface area (Å²) in [6.07, 6.45) is 3.87. The molecule has 1 atom stereocenters. The first-order valence-electron chi connectivity index (χ1n) is 11.5. The van der Waals surface area contributed by atoms with Crippen LogP contribution in [0.4, 0.5) is 0 Å². The Hall–Kier alpha value is -2.90. The third-order valence-corrected chi connectivity index (χ3v) is 8.34. The molecule has 7 heteroatoms. The minimum absolute atomic E-state index is 0.0807. The van der Waals surface area contributed by atoms with E-state index in [1.54, 1.807) is 17.5 Å². The molecule has 6 nitrogen and oxygen atoms in total. The highest BCUT2D eigenvalue weighted by atomic mass is 32.1. The van der Waals surface area contributed by atoms with E-state index in [0.717, 1.165) is 46.8 Å². The van der Waals surface area contributed by atoms with Crippen LogP contribution in [0.25, 0.3) is 11.3 Å². The van der Waals surface area contributed by atoms with Gasteiger partial charge in [0.25, 0.3) is 0 Å². The monoisotopic (exact) mass is 459 g/mol. The van der Waals surface area contributed by atoms with Crippen LogP contribution in [-0.4, -0.2) is 34.8 Å². The number of Topliss-reactive ketones (excluding diaryl/α,β-unsaturated/α-hetero) is 1. The highest BCUT2D eigenvalue weighted by Gasteiger charge is 2.55. The lowest BCUT2D eigenvalue weighted by Gasteiger charge is -2.21. The van der Waals surface area contributed by atoms with Crippen molar-refractivity contribution in [1.29, 1.82) is 0 Å². The first-order chi connectivity index (χ1) is 15.9. The minimum atomic E-state index is -0.662. The molecule has 1 unspecified atom stereocenters. The first kappa shape index (κ1) is 20.7. The van der Waals surface area contributed by atoms with Gasteiger partial charge in [-0.3, -0.25) is 9.78 Å². The Morgan fingerprint density at radius 3 is 2.58 bits per heavy atom. The number of hydrogen-bond acceptors (Lipinski definition) is 7. The number of rotatable bonds is 5. The number of nitrogens with one attached hydrogen (secondary N) is 1. The standard InChI is InChI=1S/C26H25N3O3S/c1-15(2)23-29-19(13-33-23)16-3-5-17(6-4-16)25(8-9-25)22(30)21-20-18(7-11-28-21)26(32-24(20)31)10-12-27-14-26/h3-7,11,13,15,27H,8-10,12,14H2,1-2H3. The van der Waals surface area contributed by atoms with Gasteiger partial charge < -0.3 is 10.1 Å². The Bertz CT molecular complexity index is 1270. The lowest BCUT2D eigenvalue weighted by molar-refractivity contribution is 0.00158. The second-order valence-electron chi connectivity index (χ2n) is 9.61. The van der Waals surface area contributed by atoms with Gasteiger partial charge in [-0.15, -0.1) is 11.3 Å². The molecule has 4 heterocycles. The Kier molecular flexibility index (Phi) is 4.58. The van der Waals surface area contributed by atoms with Crippen molar-refractivity contribution in [1.82, 2.24) is 15.3 Å². The molecule has 33 heavy (non-hydrogen) atoms. The molecular formula is C26H25N3O3S. The number of nitrogens with zero attached hydrogens (tertiary/aromatic N) is 2. The molecule has 0 amide bonds. The van der Waals surface area contributed by atoms with Gasteiger partial charge in [-0.2, -0.15) is 0 Å². The molecule has 1 saturated carbocycles. The molecule has 0 bridgehead atoms. The number of carbonyl (C=O) groups is 2. The number of thiazole rings is 1. The average molecular weight is 460 g/mol. The Morgan fingerprint density at radius 1 is 1.15 bits per heavy atom. The number of fused-ring (bicyclic) bond motifs is 2. The fourth-order valence-corrected chi connectivity index (χ4v) is 5.98. The Morgan fingerprint density at radius 2 is 1.94 bits per heavy atom. The second kappa shape index (κ2) is 7.30. The number of hydrogen-bond donors (Lipinski definition) is 1. The van der Waals surface area contributed by atoms with Crippen molar-refractivity contribution >= 4 is 23.1 Å². The van der Waals surface area contributed by atoms with Crippen LogP contribution in [-0.2, 0) is 15.8 Å². The van der Waals surface area contributed by atoms with Crippen LogP contribution < -0.4 is 5.32 Å². The van der Waals surface area contributed by atoms with Crippen LogP contribution in [0.5, 0.6) is 0 Å². The number of esters is 1. The fraction of sp³-hybridized carbons (Fsp3) is 0.385. The molecule has 2 aliphatic heterocycles. The van der Waals surface area contributed by atoms with Crippen LogP contribution in [0.3, 0.4) is 0 Å². The minimum Gasteiger partial charge on any atom is -0.449 e. The van der Waals surface area contributed by atoms with Gasteiger partial charge in [-0.25, -0.2) is 9.78 Å². The van der Waals surface area contributed by atoms with Crippen molar-refractivity contribution in [2.45, 2.75) is 50.0 Å². The molecule has 1 saturated heterocycles. The fourth-order valence-electron chi connectivity index (χ4n) is 5.13. The highest BCUT2D eigenvalue weighted by Crippen LogP contribution is 2.52. The molecular weight excluding hydrogens is 434 g/mol. The van der Waals surface area contributed by atoms with Crippen LogP contribution in [0.2, 0.25) is 0 Å². The maximum atomic E-state index is 13.8. The molecule has 3 aromatic rings. The van der Waals surface area contributed by atoms with Gasteiger partial charge in [0.1, 0.15) is 5.69 Å². The highest BCUT2D eigenvalue weighted by molar-refractivity contribution is 7.10. The van der Waals surface area contributed by atoms with Crippen molar-refractivity contribution in [3.05, 3.63) is 69.3 Å². The SMILES string of the molecule is CC(C)c1nc(-c2ccc(C3(C(=O)c4nccc5c4C(=O)OC54CCNC4)CC3)cc2)cs1. The van der Waals surface area contributed by atoms with E-state index in [1.165, 1.54) is 0 Å². The molecule has 168 valence electrons. The van der Waals surface area contributed by atoms with E-state index in [1.807, 2.05) is 30.3 Å². The van der Waals surface area contributed by atoms with Crippen molar-refractivity contribution in [2.24, 2.45) is 0 Å². The zero-order valence-electron chi connectivity index (χ0n) is 18.7. The lowest BCUT2D eigenvalue weighted by Crippen LogP contribution is -2.29. The van der Waals surface area contributed by atoms with Gasteiger partial charge in [0.05, 0.1) is 21.7 Å². The third-order valence-electron chi connectivity index (χ3n) is 7.20. The summed E-state index contributed by atoms with van der Waals surface area (Å²) >= 11 is 1.67. The van der Waals surface area contributed by atoms with Crippen molar-refractivity contribution < 1.29 is 14.3 Å². The lowest BCUT2D eigenvalue weighted by atomic mass is 9.85. The summed E-state index contributed by atoms with van der Waals surface area (Å²) in [6.45, 7) is 5.64. The van der Waals surface area contributed by atoms with E-state index >= 15 is 0 Å². The number of aromatic nitrogens is 2. The average Bonchev–Trinajstić information content (AvgIpc) is 3.16. The van der Waals surface area contributed by atoms with Crippen molar-refractivity contribution in [2.75, 3.05) is 13.1 Å². The van der Waals surface area contributed by atoms with Crippen LogP contribution in [0.15, 0.2) is 41.9 Å². The Balaban J connectivity index is 1.33. The number of benzene rings is 1. The molecule has 1 N–H and O–H groups in total. The number of pyridine rings is 1. The number of carbonyl (C=O) groups excluding carboxylic acids is 2. The summed E-state index contributed by atoms with van der Waals surface area (Å²) < 4.78 is 5.79. The maximum Gasteiger partial charge on any atom is 0.341 e. The normalized spacial score (nSPS) is 22.6. The third kappa shape index (κ3) is 3.09. The summed E-state index contributed by atoms with van der Waals surface area (Å²) in [7, 11) is 0. The molecule has 1 spiro atoms. The number of ketones is 1. The zero-order valence-corrected chi connectivity index (χ0v) is 19.5. The van der Waals surface area contributed by atoms with E-state index in [0.29, 0.717) is 24.4 Å². The van der Waals surface area contributed by atoms with Crippen molar-refractivity contribution in [3.8, 4) is 11.3 Å². The quantitative estimate of drug-likeness (QED) is 0.444. The van der Waals surface area contributed by atoms with E-state index in [-0.39, 0.29) is 11.5 Å². The van der Waals surface area contributed by atoms with Crippen molar-refractivity contribution in [3.63, 3.8) is 0 Å². The van der Waals surface area contributed by atoms with Crippen LogP contribution in [0.1, 0.15) is 76.0 Å². The molecule has 1 aromatic carbocycles. The predicted molar refractivity (Wildman–Crippen MR) is 126 cm³/mol. The molecule has 2 fully saturated rings. The molecule has 6 rings (SSSR count). The molecule has 3 aliphatic rings. The van der Waals surface area contributed by atoms with Crippen LogP contribution >= 0.6 is 11.3 Å². The largest absolute Gasteiger partial charge is 0.449 e. The number of ether oxygens (including phenoxy) is 1. The maximum absolute atomic E-state index is 13.8. The molecule has 2 aromatic heterocycles. The van der Waals surface area contributed by atoms with Gasteiger partial charge in [0, 0.05) is 41.6 Å². The van der Waals surface area contributed by atoms with Gasteiger partial charge in [0.2, 0.25) is 0 Å². The van der Waals surface area contributed by atoms with E-state index in [2.05, 4.69) is 29.5 Å². The zero-order chi connectivity index (χ0) is 22.8. The smallest absolute Gasteiger partial charge is 0.341 e. The van der Waals surface area contributed by atoms with Gasteiger partial charge in [-0.05, 0) is 31.0 Å².